The number of quaternary nitrogens is 1. The number of amides is 1. The molecule has 0 aliphatic carbocycles. The average Bonchev–Trinajstić information content (AvgIpc) is 3.22. The minimum Gasteiger partial charge on any atom is -0.497 e. The summed E-state index contributed by atoms with van der Waals surface area (Å²) in [5.41, 5.74) is 2.22. The van der Waals surface area contributed by atoms with Crippen molar-refractivity contribution in [1.29, 1.82) is 0 Å². The number of methoxy groups -OCH3 is 1. The normalized spacial score (nSPS) is 17.1. The zero-order chi connectivity index (χ0) is 20.2. The number of carbonyl (C=O) groups is 1. The molecule has 1 saturated heterocycles. The first-order valence-corrected chi connectivity index (χ1v) is 10.0. The second-order valence-corrected chi connectivity index (χ2v) is 7.51. The third kappa shape index (κ3) is 4.56. The van der Waals surface area contributed by atoms with Gasteiger partial charge in [0.2, 0.25) is 6.79 Å². The monoisotopic (exact) mass is 398 g/mol. The molecule has 2 aliphatic rings. The smallest absolute Gasteiger partial charge is 0.275 e. The van der Waals surface area contributed by atoms with Crippen LogP contribution in [0.3, 0.4) is 0 Å². The van der Waals surface area contributed by atoms with Crippen molar-refractivity contribution in [3.63, 3.8) is 0 Å². The molecule has 0 radical (unpaired) electrons. The van der Waals surface area contributed by atoms with Crippen molar-refractivity contribution in [2.75, 3.05) is 51.5 Å². The third-order valence-electron chi connectivity index (χ3n) is 5.59. The van der Waals surface area contributed by atoms with Gasteiger partial charge in [-0.3, -0.25) is 4.79 Å². The van der Waals surface area contributed by atoms with E-state index in [1.807, 2.05) is 37.3 Å². The Hall–Kier alpha value is -2.93. The van der Waals surface area contributed by atoms with Crippen LogP contribution in [0.2, 0.25) is 0 Å². The SMILES string of the molecule is COc1ccc(N2CC[NH+](CC(=O)N[C@@H](C)c3ccc4c(c3)OCO4)CC2)cc1. The molecular weight excluding hydrogens is 370 g/mol. The first-order chi connectivity index (χ1) is 14.1. The molecule has 2 N–H and O–H groups in total. The molecule has 4 rings (SSSR count). The summed E-state index contributed by atoms with van der Waals surface area (Å²) in [4.78, 5) is 16.2. The number of fused-ring (bicyclic) bond motifs is 1. The molecule has 2 aliphatic heterocycles. The highest BCUT2D eigenvalue weighted by atomic mass is 16.7. The number of rotatable bonds is 6. The quantitative estimate of drug-likeness (QED) is 0.760. The number of piperazine rings is 1. The maximum atomic E-state index is 12.5. The van der Waals surface area contributed by atoms with Gasteiger partial charge in [-0.1, -0.05) is 6.07 Å². The highest BCUT2D eigenvalue weighted by molar-refractivity contribution is 5.77. The number of hydrogen-bond donors (Lipinski definition) is 2. The lowest BCUT2D eigenvalue weighted by Crippen LogP contribution is -3.15. The Balaban J connectivity index is 1.25. The van der Waals surface area contributed by atoms with E-state index in [4.69, 9.17) is 14.2 Å². The van der Waals surface area contributed by atoms with Crippen LogP contribution < -0.4 is 29.3 Å². The van der Waals surface area contributed by atoms with Crippen molar-refractivity contribution in [2.45, 2.75) is 13.0 Å². The zero-order valence-corrected chi connectivity index (χ0v) is 16.9. The van der Waals surface area contributed by atoms with Crippen molar-refractivity contribution >= 4 is 11.6 Å². The van der Waals surface area contributed by atoms with Gasteiger partial charge in [-0.15, -0.1) is 0 Å². The highest BCUT2D eigenvalue weighted by Gasteiger charge is 2.23. The van der Waals surface area contributed by atoms with Crippen LogP contribution in [-0.4, -0.2) is 52.5 Å². The number of nitrogens with one attached hydrogen (secondary N) is 2. The molecule has 1 fully saturated rings. The summed E-state index contributed by atoms with van der Waals surface area (Å²) in [5, 5.41) is 3.11. The highest BCUT2D eigenvalue weighted by Crippen LogP contribution is 2.34. The van der Waals surface area contributed by atoms with E-state index in [0.717, 1.165) is 49.0 Å². The minimum absolute atomic E-state index is 0.0722. The number of benzene rings is 2. The summed E-state index contributed by atoms with van der Waals surface area (Å²) in [6.45, 7) is 6.50. The van der Waals surface area contributed by atoms with Crippen molar-refractivity contribution in [1.82, 2.24) is 5.32 Å². The van der Waals surface area contributed by atoms with E-state index in [0.29, 0.717) is 6.54 Å². The molecule has 2 aromatic carbocycles. The number of anilines is 1. The Labute approximate surface area is 171 Å². The first kappa shape index (κ1) is 19.4. The molecule has 29 heavy (non-hydrogen) atoms. The standard InChI is InChI=1S/C22H27N3O4/c1-16(17-3-8-20-21(13-17)29-15-28-20)23-22(26)14-24-9-11-25(12-10-24)18-4-6-19(27-2)7-5-18/h3-8,13,16H,9-12,14-15H2,1-2H3,(H,23,26)/p+1/t16-/m0/s1. The number of hydrogen-bond acceptors (Lipinski definition) is 5. The van der Waals surface area contributed by atoms with Gasteiger partial charge in [-0.25, -0.2) is 0 Å². The van der Waals surface area contributed by atoms with Crippen LogP contribution in [0, 0.1) is 0 Å². The lowest BCUT2D eigenvalue weighted by Gasteiger charge is -2.33. The topological polar surface area (TPSA) is 64.5 Å². The van der Waals surface area contributed by atoms with Gasteiger partial charge in [0.25, 0.3) is 5.91 Å². The fourth-order valence-electron chi connectivity index (χ4n) is 3.84. The summed E-state index contributed by atoms with van der Waals surface area (Å²) in [6, 6.07) is 13.9. The lowest BCUT2D eigenvalue weighted by atomic mass is 10.1. The predicted molar refractivity (Wildman–Crippen MR) is 110 cm³/mol. The van der Waals surface area contributed by atoms with Crippen LogP contribution >= 0.6 is 0 Å². The summed E-state index contributed by atoms with van der Waals surface area (Å²) >= 11 is 0. The van der Waals surface area contributed by atoms with Gasteiger partial charge in [0.1, 0.15) is 5.75 Å². The number of carbonyl (C=O) groups excluding carboxylic acids is 1. The molecule has 7 nitrogen and oxygen atoms in total. The molecule has 2 heterocycles. The van der Waals surface area contributed by atoms with E-state index in [-0.39, 0.29) is 18.7 Å². The van der Waals surface area contributed by atoms with Crippen LogP contribution in [0.25, 0.3) is 0 Å². The second-order valence-electron chi connectivity index (χ2n) is 7.51. The fraction of sp³-hybridized carbons (Fsp3) is 0.409. The van der Waals surface area contributed by atoms with Gasteiger partial charge in [0.05, 0.1) is 39.3 Å². The van der Waals surface area contributed by atoms with Crippen molar-refractivity contribution in [3.8, 4) is 17.2 Å². The maximum absolute atomic E-state index is 12.5. The molecule has 154 valence electrons. The number of nitrogens with zero attached hydrogens (tertiary/aromatic N) is 1. The van der Waals surface area contributed by atoms with Crippen LogP contribution in [0.1, 0.15) is 18.5 Å². The third-order valence-corrected chi connectivity index (χ3v) is 5.59. The fourth-order valence-corrected chi connectivity index (χ4v) is 3.84. The number of ether oxygens (including phenoxy) is 3. The van der Waals surface area contributed by atoms with Crippen molar-refractivity contribution in [3.05, 3.63) is 48.0 Å². The Kier molecular flexibility index (Phi) is 5.76. The molecule has 0 aromatic heterocycles. The molecule has 0 saturated carbocycles. The van der Waals surface area contributed by atoms with E-state index in [9.17, 15) is 4.79 Å². The van der Waals surface area contributed by atoms with Gasteiger partial charge >= 0.3 is 0 Å². The first-order valence-electron chi connectivity index (χ1n) is 10.0. The van der Waals surface area contributed by atoms with Gasteiger partial charge in [0, 0.05) is 5.69 Å². The van der Waals surface area contributed by atoms with Crippen LogP contribution in [0.15, 0.2) is 42.5 Å². The summed E-state index contributed by atoms with van der Waals surface area (Å²) < 4.78 is 16.0. The van der Waals surface area contributed by atoms with Gasteiger partial charge in [-0.05, 0) is 48.9 Å². The van der Waals surface area contributed by atoms with Gasteiger partial charge in [-0.2, -0.15) is 0 Å². The Bertz CT molecular complexity index is 848. The van der Waals surface area contributed by atoms with Gasteiger partial charge in [0.15, 0.2) is 18.0 Å². The predicted octanol–water partition coefficient (Wildman–Crippen LogP) is 1.01. The Morgan fingerprint density at radius 3 is 2.59 bits per heavy atom. The van der Waals surface area contributed by atoms with Crippen molar-refractivity contribution in [2.24, 2.45) is 0 Å². The minimum atomic E-state index is -0.0722. The Morgan fingerprint density at radius 2 is 1.86 bits per heavy atom. The molecule has 0 unspecified atom stereocenters. The van der Waals surface area contributed by atoms with E-state index in [2.05, 4.69) is 22.3 Å². The molecule has 7 heteroatoms. The largest absolute Gasteiger partial charge is 0.497 e. The summed E-state index contributed by atoms with van der Waals surface area (Å²) in [6.07, 6.45) is 0. The van der Waals surface area contributed by atoms with Crippen LogP contribution in [0.4, 0.5) is 5.69 Å². The zero-order valence-electron chi connectivity index (χ0n) is 16.9. The second kappa shape index (κ2) is 8.61. The molecule has 0 bridgehead atoms. The molecular formula is C22H28N3O4+. The molecule has 1 atom stereocenters. The summed E-state index contributed by atoms with van der Waals surface area (Å²) in [7, 11) is 1.68. The van der Waals surface area contributed by atoms with Gasteiger partial charge < -0.3 is 29.3 Å². The van der Waals surface area contributed by atoms with E-state index in [1.54, 1.807) is 7.11 Å². The Morgan fingerprint density at radius 1 is 1.14 bits per heavy atom. The van der Waals surface area contributed by atoms with E-state index >= 15 is 0 Å². The average molecular weight is 398 g/mol. The van der Waals surface area contributed by atoms with Crippen LogP contribution in [-0.2, 0) is 4.79 Å². The molecule has 2 aromatic rings. The van der Waals surface area contributed by atoms with Crippen LogP contribution in [0.5, 0.6) is 17.2 Å². The molecule has 1 amide bonds. The maximum Gasteiger partial charge on any atom is 0.275 e. The van der Waals surface area contributed by atoms with E-state index in [1.165, 1.54) is 10.6 Å². The van der Waals surface area contributed by atoms with Crippen molar-refractivity contribution < 1.29 is 23.9 Å². The lowest BCUT2D eigenvalue weighted by molar-refractivity contribution is -0.892. The summed E-state index contributed by atoms with van der Waals surface area (Å²) in [5.74, 6) is 2.43. The molecule has 0 spiro atoms. The van der Waals surface area contributed by atoms with E-state index < -0.39 is 0 Å².